The summed E-state index contributed by atoms with van der Waals surface area (Å²) >= 11 is 0.612. The maximum absolute atomic E-state index is 12.9. The molecule has 0 atom stereocenters. The Morgan fingerprint density at radius 2 is 1.73 bits per heavy atom. The number of aromatic hydroxyl groups is 3. The van der Waals surface area contributed by atoms with E-state index in [-0.39, 0.29) is 30.1 Å². The molecule has 1 aromatic heterocycles. The molecule has 212 valence electrons. The van der Waals surface area contributed by atoms with Crippen LogP contribution in [0.1, 0.15) is 27.2 Å². The second-order valence-corrected chi connectivity index (χ2v) is 12.1. The SMILES string of the molecule is CS(=O)(=O)n1cc2c(n1)CN(CC(=O)N1C(=O)S/C(=C\c3ccc(NC(=O)c4cc(O)c(O)c(O)c4)cc3)C1=O)C2. The number of carbonyl (C=O) groups excluding carboxylic acids is 4. The second kappa shape index (κ2) is 10.4. The van der Waals surface area contributed by atoms with Crippen molar-refractivity contribution in [1.82, 2.24) is 19.0 Å². The molecule has 3 aromatic rings. The lowest BCUT2D eigenvalue weighted by Crippen LogP contribution is -2.41. The van der Waals surface area contributed by atoms with Crippen molar-refractivity contribution in [3.63, 3.8) is 0 Å². The summed E-state index contributed by atoms with van der Waals surface area (Å²) in [5.41, 5.74) is 1.89. The van der Waals surface area contributed by atoms with Gasteiger partial charge in [0.1, 0.15) is 0 Å². The third kappa shape index (κ3) is 5.65. The molecular weight excluding hydrogens is 578 g/mol. The van der Waals surface area contributed by atoms with Crippen molar-refractivity contribution in [2.24, 2.45) is 0 Å². The molecule has 41 heavy (non-hydrogen) atoms. The molecule has 14 nitrogen and oxygen atoms in total. The molecule has 2 aliphatic heterocycles. The number of hydrogen-bond donors (Lipinski definition) is 4. The number of thioether (sulfide) groups is 1. The molecule has 16 heteroatoms. The van der Waals surface area contributed by atoms with Crippen LogP contribution in [0.25, 0.3) is 6.08 Å². The van der Waals surface area contributed by atoms with Gasteiger partial charge in [-0.05, 0) is 47.7 Å². The normalized spacial score (nSPS) is 16.4. The Kier molecular flexibility index (Phi) is 7.06. The van der Waals surface area contributed by atoms with Gasteiger partial charge < -0.3 is 20.6 Å². The van der Waals surface area contributed by atoms with Gasteiger partial charge in [0.05, 0.1) is 23.4 Å². The zero-order valence-electron chi connectivity index (χ0n) is 21.1. The summed E-state index contributed by atoms with van der Waals surface area (Å²) in [4.78, 5) is 52.9. The van der Waals surface area contributed by atoms with E-state index in [1.807, 2.05) is 0 Å². The Labute approximate surface area is 236 Å². The summed E-state index contributed by atoms with van der Waals surface area (Å²) in [5.74, 6) is -4.22. The Morgan fingerprint density at radius 3 is 2.34 bits per heavy atom. The number of fused-ring (bicyclic) bond motifs is 1. The molecule has 1 fully saturated rings. The summed E-state index contributed by atoms with van der Waals surface area (Å²) in [6.07, 6.45) is 3.83. The maximum Gasteiger partial charge on any atom is 0.300 e. The fourth-order valence-corrected chi connectivity index (χ4v) is 5.58. The Balaban J connectivity index is 1.21. The van der Waals surface area contributed by atoms with E-state index in [0.717, 1.165) is 22.5 Å². The van der Waals surface area contributed by atoms with Crippen molar-refractivity contribution < 1.29 is 42.9 Å². The highest BCUT2D eigenvalue weighted by molar-refractivity contribution is 8.18. The molecule has 0 saturated carbocycles. The van der Waals surface area contributed by atoms with Crippen molar-refractivity contribution in [1.29, 1.82) is 0 Å². The number of anilines is 1. The molecule has 0 spiro atoms. The number of carbonyl (C=O) groups is 4. The van der Waals surface area contributed by atoms with E-state index in [2.05, 4.69) is 10.4 Å². The summed E-state index contributed by atoms with van der Waals surface area (Å²) < 4.78 is 24.2. The third-order valence-corrected chi connectivity index (χ3v) is 7.90. The molecule has 1 saturated heterocycles. The van der Waals surface area contributed by atoms with Crippen molar-refractivity contribution in [2.45, 2.75) is 13.1 Å². The molecule has 2 aromatic carbocycles. The van der Waals surface area contributed by atoms with E-state index in [0.29, 0.717) is 39.2 Å². The van der Waals surface area contributed by atoms with Crippen LogP contribution >= 0.6 is 11.8 Å². The lowest BCUT2D eigenvalue weighted by Gasteiger charge is -2.17. The Bertz CT molecular complexity index is 1720. The molecule has 4 N–H and O–H groups in total. The van der Waals surface area contributed by atoms with Gasteiger partial charge in [-0.25, -0.2) is 13.3 Å². The standard InChI is InChI=1S/C25H21N5O9S2/c1-41(38,39)29-10-15-9-28(11-17(15)27-29)12-21(33)30-24(36)20(40-25(30)37)6-13-2-4-16(5-3-13)26-23(35)14-7-18(31)22(34)19(32)8-14/h2-8,10,31-32,34H,9,11-12H2,1H3,(H,26,35)/b20-6-. The zero-order chi connectivity index (χ0) is 29.6. The number of amides is 4. The van der Waals surface area contributed by atoms with Crippen molar-refractivity contribution in [3.8, 4) is 17.2 Å². The van der Waals surface area contributed by atoms with Crippen LogP contribution in [-0.4, -0.2) is 78.5 Å². The molecule has 0 unspecified atom stereocenters. The molecule has 5 rings (SSSR count). The van der Waals surface area contributed by atoms with Crippen LogP contribution in [0.15, 0.2) is 47.5 Å². The first kappa shape index (κ1) is 27.9. The van der Waals surface area contributed by atoms with Crippen LogP contribution in [0.5, 0.6) is 17.2 Å². The van der Waals surface area contributed by atoms with E-state index >= 15 is 0 Å². The van der Waals surface area contributed by atoms with Gasteiger partial charge >= 0.3 is 0 Å². The number of imide groups is 3. The van der Waals surface area contributed by atoms with E-state index in [1.54, 1.807) is 17.0 Å². The highest BCUT2D eigenvalue weighted by atomic mass is 32.2. The van der Waals surface area contributed by atoms with E-state index in [9.17, 15) is 42.9 Å². The van der Waals surface area contributed by atoms with Crippen molar-refractivity contribution >= 4 is 56.5 Å². The van der Waals surface area contributed by atoms with Crippen molar-refractivity contribution in [3.05, 3.63) is 69.9 Å². The van der Waals surface area contributed by atoms with Crippen LogP contribution in [-0.2, 0) is 32.7 Å². The van der Waals surface area contributed by atoms with Crippen LogP contribution in [0, 0.1) is 0 Å². The molecule has 0 bridgehead atoms. The molecule has 4 amide bonds. The third-order valence-electron chi connectivity index (χ3n) is 6.16. The first-order chi connectivity index (χ1) is 19.3. The number of nitrogens with one attached hydrogen (secondary N) is 1. The highest BCUT2D eigenvalue weighted by Crippen LogP contribution is 2.36. The predicted octanol–water partition coefficient (Wildman–Crippen LogP) is 1.64. The Hall–Kier alpha value is -4.67. The lowest BCUT2D eigenvalue weighted by atomic mass is 10.1. The van der Waals surface area contributed by atoms with E-state index in [4.69, 9.17) is 0 Å². The number of aromatic nitrogens is 2. The maximum atomic E-state index is 12.9. The monoisotopic (exact) mass is 599 g/mol. The van der Waals surface area contributed by atoms with Gasteiger partial charge in [-0.2, -0.15) is 9.19 Å². The summed E-state index contributed by atoms with van der Waals surface area (Å²) in [6, 6.07) is 8.15. The van der Waals surface area contributed by atoms with Gasteiger partial charge in [0, 0.05) is 36.1 Å². The summed E-state index contributed by atoms with van der Waals surface area (Å²) in [7, 11) is -3.53. The molecule has 3 heterocycles. The van der Waals surface area contributed by atoms with Crippen LogP contribution < -0.4 is 5.32 Å². The lowest BCUT2D eigenvalue weighted by molar-refractivity contribution is -0.138. The second-order valence-electron chi connectivity index (χ2n) is 9.23. The first-order valence-corrected chi connectivity index (χ1v) is 14.4. The van der Waals surface area contributed by atoms with Gasteiger partial charge in [-0.1, -0.05) is 12.1 Å². The van der Waals surface area contributed by atoms with E-state index in [1.165, 1.54) is 24.4 Å². The Morgan fingerprint density at radius 1 is 1.07 bits per heavy atom. The molecule has 0 aliphatic carbocycles. The number of phenols is 3. The van der Waals surface area contributed by atoms with Gasteiger partial charge in [-0.15, -0.1) is 0 Å². The number of nitrogens with zero attached hydrogens (tertiary/aromatic N) is 4. The number of rotatable bonds is 6. The number of phenolic OH excluding ortho intramolecular Hbond substituents is 3. The minimum Gasteiger partial charge on any atom is -0.504 e. The van der Waals surface area contributed by atoms with Gasteiger partial charge in [0.25, 0.3) is 33.0 Å². The number of benzene rings is 2. The first-order valence-electron chi connectivity index (χ1n) is 11.8. The fourth-order valence-electron chi connectivity index (χ4n) is 4.17. The quantitative estimate of drug-likeness (QED) is 0.236. The minimum absolute atomic E-state index is 0.0318. The molecular formula is C25H21N5O9S2. The molecule has 2 aliphatic rings. The summed E-state index contributed by atoms with van der Waals surface area (Å²) in [5, 5.41) is 34.4. The largest absolute Gasteiger partial charge is 0.504 e. The van der Waals surface area contributed by atoms with E-state index < -0.39 is 50.2 Å². The van der Waals surface area contributed by atoms with Gasteiger partial charge in [0.2, 0.25) is 0 Å². The van der Waals surface area contributed by atoms with Crippen LogP contribution in [0.4, 0.5) is 10.5 Å². The molecule has 0 radical (unpaired) electrons. The van der Waals surface area contributed by atoms with Gasteiger partial charge in [-0.3, -0.25) is 24.1 Å². The summed E-state index contributed by atoms with van der Waals surface area (Å²) in [6.45, 7) is 0.180. The minimum atomic E-state index is -3.53. The highest BCUT2D eigenvalue weighted by Gasteiger charge is 2.40. The van der Waals surface area contributed by atoms with Crippen LogP contribution in [0.2, 0.25) is 0 Å². The van der Waals surface area contributed by atoms with Crippen LogP contribution in [0.3, 0.4) is 0 Å². The fraction of sp³-hybridized carbons (Fsp3) is 0.160. The number of hydrogen-bond acceptors (Lipinski definition) is 12. The zero-order valence-corrected chi connectivity index (χ0v) is 22.8. The predicted molar refractivity (Wildman–Crippen MR) is 145 cm³/mol. The van der Waals surface area contributed by atoms with Gasteiger partial charge in [0.15, 0.2) is 17.2 Å². The average Bonchev–Trinajstić information content (AvgIpc) is 3.54. The average molecular weight is 600 g/mol. The smallest absolute Gasteiger partial charge is 0.300 e. The van der Waals surface area contributed by atoms with Crippen molar-refractivity contribution in [2.75, 3.05) is 18.1 Å². The topological polar surface area (TPSA) is 199 Å².